The third-order valence-corrected chi connectivity index (χ3v) is 1.43. The van der Waals surface area contributed by atoms with Gasteiger partial charge in [-0.15, -0.1) is 0 Å². The van der Waals surface area contributed by atoms with Crippen molar-refractivity contribution >= 4 is 5.71 Å². The first-order chi connectivity index (χ1) is 5.60. The van der Waals surface area contributed by atoms with Gasteiger partial charge in [-0.3, -0.25) is 4.99 Å². The van der Waals surface area contributed by atoms with Gasteiger partial charge in [0.1, 0.15) is 0 Å². The molecule has 0 heterocycles. The highest BCUT2D eigenvalue weighted by Crippen LogP contribution is 1.99. The van der Waals surface area contributed by atoms with Crippen LogP contribution in [0, 0.1) is 0 Å². The van der Waals surface area contributed by atoms with Gasteiger partial charge in [0.05, 0.1) is 5.70 Å². The van der Waals surface area contributed by atoms with Crippen LogP contribution in [0.4, 0.5) is 0 Å². The van der Waals surface area contributed by atoms with Gasteiger partial charge in [-0.05, 0) is 34.0 Å². The van der Waals surface area contributed by atoms with Crippen LogP contribution in [0.15, 0.2) is 29.4 Å². The molecule has 2 heteroatoms. The van der Waals surface area contributed by atoms with Gasteiger partial charge < -0.3 is 4.90 Å². The molecule has 0 aromatic rings. The van der Waals surface area contributed by atoms with E-state index in [9.17, 15) is 0 Å². The minimum atomic E-state index is 0.877. The fourth-order valence-corrected chi connectivity index (χ4v) is 0.787. The van der Waals surface area contributed by atoms with Gasteiger partial charge in [0.25, 0.3) is 0 Å². The van der Waals surface area contributed by atoms with Crippen LogP contribution in [-0.2, 0) is 0 Å². The normalized spacial score (nSPS) is 13.8. The average molecular weight is 166 g/mol. The summed E-state index contributed by atoms with van der Waals surface area (Å²) >= 11 is 0. The van der Waals surface area contributed by atoms with E-state index in [4.69, 9.17) is 0 Å². The molecule has 0 aliphatic heterocycles. The molecule has 68 valence electrons. The number of likely N-dealkylation sites (N-methyl/N-ethyl adjacent to an activating group) is 1. The Morgan fingerprint density at radius 2 is 2.08 bits per heavy atom. The first kappa shape index (κ1) is 11.1. The van der Waals surface area contributed by atoms with Crippen LogP contribution in [0.2, 0.25) is 0 Å². The van der Waals surface area contributed by atoms with Crippen LogP contribution in [0.3, 0.4) is 0 Å². The quantitative estimate of drug-likeness (QED) is 0.584. The van der Waals surface area contributed by atoms with Crippen LogP contribution >= 0.6 is 0 Å². The minimum Gasteiger partial charge on any atom is -0.304 e. The van der Waals surface area contributed by atoms with Gasteiger partial charge in [-0.2, -0.15) is 0 Å². The van der Waals surface area contributed by atoms with Gasteiger partial charge in [-0.1, -0.05) is 12.7 Å². The first-order valence-corrected chi connectivity index (χ1v) is 4.07. The van der Waals surface area contributed by atoms with Crippen molar-refractivity contribution in [1.82, 2.24) is 4.90 Å². The Balaban J connectivity index is 4.29. The predicted octanol–water partition coefficient (Wildman–Crippen LogP) is 2.10. The van der Waals surface area contributed by atoms with E-state index in [-0.39, 0.29) is 0 Å². The second-order valence-corrected chi connectivity index (χ2v) is 2.98. The molecule has 0 rings (SSSR count). The number of nitrogens with zero attached hydrogens (tertiary/aromatic N) is 2. The highest BCUT2D eigenvalue weighted by atomic mass is 15.1. The zero-order valence-corrected chi connectivity index (χ0v) is 8.46. The van der Waals surface area contributed by atoms with Crippen molar-refractivity contribution in [1.29, 1.82) is 0 Å². The molecule has 0 saturated carbocycles. The summed E-state index contributed by atoms with van der Waals surface area (Å²) in [7, 11) is 4.06. The van der Waals surface area contributed by atoms with Crippen molar-refractivity contribution in [3.05, 3.63) is 24.4 Å². The summed E-state index contributed by atoms with van der Waals surface area (Å²) < 4.78 is 0. The Kier molecular flexibility index (Phi) is 5.30. The van der Waals surface area contributed by atoms with E-state index >= 15 is 0 Å². The average Bonchev–Trinajstić information content (AvgIpc) is 2.02. The Bertz CT molecular complexity index is 200. The monoisotopic (exact) mass is 166 g/mol. The molecule has 0 aromatic heterocycles. The molecule has 0 aliphatic rings. The van der Waals surface area contributed by atoms with Gasteiger partial charge in [0.15, 0.2) is 0 Å². The molecule has 0 radical (unpaired) electrons. The van der Waals surface area contributed by atoms with Gasteiger partial charge in [0, 0.05) is 12.3 Å². The Labute approximate surface area is 75.3 Å². The largest absolute Gasteiger partial charge is 0.304 e. The van der Waals surface area contributed by atoms with Crippen LogP contribution in [-0.4, -0.2) is 31.3 Å². The highest BCUT2D eigenvalue weighted by molar-refractivity contribution is 5.92. The van der Waals surface area contributed by atoms with Crippen molar-refractivity contribution in [2.24, 2.45) is 4.99 Å². The third kappa shape index (κ3) is 4.85. The van der Waals surface area contributed by atoms with Crippen LogP contribution in [0.5, 0.6) is 0 Å². The van der Waals surface area contributed by atoms with Crippen molar-refractivity contribution in [2.45, 2.75) is 13.8 Å². The molecule has 12 heavy (non-hydrogen) atoms. The van der Waals surface area contributed by atoms with Crippen LogP contribution in [0.25, 0.3) is 0 Å². The molecule has 0 N–H and O–H groups in total. The lowest BCUT2D eigenvalue weighted by Crippen LogP contribution is -2.14. The Morgan fingerprint density at radius 1 is 1.50 bits per heavy atom. The number of rotatable bonds is 4. The van der Waals surface area contributed by atoms with Crippen molar-refractivity contribution < 1.29 is 0 Å². The standard InChI is InChI=1S/C10H18N2/c1-6-9(3)11-10(7-2)8-12(4)5/h6-7H,1,8H2,2-5H3/b10-7-,11-9?. The molecule has 0 aromatic carbocycles. The molecule has 0 unspecified atom stereocenters. The predicted molar refractivity (Wildman–Crippen MR) is 55.6 cm³/mol. The smallest absolute Gasteiger partial charge is 0.0504 e. The Hall–Kier alpha value is -0.890. The van der Waals surface area contributed by atoms with Crippen LogP contribution < -0.4 is 0 Å². The van der Waals surface area contributed by atoms with E-state index in [0.717, 1.165) is 18.0 Å². The van der Waals surface area contributed by atoms with Crippen LogP contribution in [0.1, 0.15) is 13.8 Å². The molecule has 0 amide bonds. The molecule has 0 spiro atoms. The molecule has 0 atom stereocenters. The van der Waals surface area contributed by atoms with Gasteiger partial charge in [-0.25, -0.2) is 0 Å². The van der Waals surface area contributed by atoms with E-state index in [1.807, 2.05) is 34.0 Å². The maximum absolute atomic E-state index is 4.37. The summed E-state index contributed by atoms with van der Waals surface area (Å²) in [6.45, 7) is 8.48. The Morgan fingerprint density at radius 3 is 2.42 bits per heavy atom. The van der Waals surface area contributed by atoms with Gasteiger partial charge in [0.2, 0.25) is 0 Å². The fourth-order valence-electron chi connectivity index (χ4n) is 0.787. The first-order valence-electron chi connectivity index (χ1n) is 4.07. The van der Waals surface area contributed by atoms with E-state index in [1.165, 1.54) is 0 Å². The number of aliphatic imine (C=N–C) groups is 1. The van der Waals surface area contributed by atoms with Gasteiger partial charge >= 0.3 is 0 Å². The molecule has 0 aliphatic carbocycles. The number of allylic oxidation sites excluding steroid dienone is 2. The molecular weight excluding hydrogens is 148 g/mol. The molecule has 2 nitrogen and oxygen atoms in total. The van der Waals surface area contributed by atoms with E-state index in [1.54, 1.807) is 6.08 Å². The number of hydrogen-bond donors (Lipinski definition) is 0. The van der Waals surface area contributed by atoms with E-state index in [2.05, 4.69) is 16.5 Å². The SMILES string of the molecule is C=CC(C)=N/C(=C\C)CN(C)C. The summed E-state index contributed by atoms with van der Waals surface area (Å²) in [6, 6.07) is 0. The maximum Gasteiger partial charge on any atom is 0.0504 e. The van der Waals surface area contributed by atoms with Crippen molar-refractivity contribution in [3.63, 3.8) is 0 Å². The van der Waals surface area contributed by atoms with E-state index < -0.39 is 0 Å². The molecule has 0 saturated heterocycles. The summed E-state index contributed by atoms with van der Waals surface area (Å²) in [5.41, 5.74) is 2.04. The van der Waals surface area contributed by atoms with Crippen molar-refractivity contribution in [2.75, 3.05) is 20.6 Å². The summed E-state index contributed by atoms with van der Waals surface area (Å²) in [6.07, 6.45) is 3.78. The fraction of sp³-hybridized carbons (Fsp3) is 0.500. The zero-order chi connectivity index (χ0) is 9.56. The minimum absolute atomic E-state index is 0.877. The lowest BCUT2D eigenvalue weighted by Gasteiger charge is -2.09. The van der Waals surface area contributed by atoms with Crippen molar-refractivity contribution in [3.8, 4) is 0 Å². The second-order valence-electron chi connectivity index (χ2n) is 2.98. The molecule has 0 bridgehead atoms. The topological polar surface area (TPSA) is 15.6 Å². The summed E-state index contributed by atoms with van der Waals surface area (Å²) in [4.78, 5) is 6.46. The number of hydrogen-bond acceptors (Lipinski definition) is 2. The lowest BCUT2D eigenvalue weighted by molar-refractivity contribution is 0.443. The zero-order valence-electron chi connectivity index (χ0n) is 8.46. The van der Waals surface area contributed by atoms with E-state index in [0.29, 0.717) is 0 Å². The highest BCUT2D eigenvalue weighted by Gasteiger charge is 1.95. The summed E-state index contributed by atoms with van der Waals surface area (Å²) in [5, 5.41) is 0. The molecular formula is C10H18N2. The third-order valence-electron chi connectivity index (χ3n) is 1.43. The lowest BCUT2D eigenvalue weighted by atomic mass is 10.3. The molecule has 0 fully saturated rings. The summed E-state index contributed by atoms with van der Waals surface area (Å²) in [5.74, 6) is 0. The second kappa shape index (κ2) is 5.72. The maximum atomic E-state index is 4.37.